The molecule has 0 aromatic carbocycles. The Hall–Kier alpha value is -3.17. The van der Waals surface area contributed by atoms with Gasteiger partial charge in [0, 0.05) is 20.0 Å². The van der Waals surface area contributed by atoms with Crippen molar-refractivity contribution in [2.24, 2.45) is 0 Å². The molecular formula is C65H107N11S8. The number of aryl methyl sites for hydroxylation is 2. The molecule has 0 radical (unpaired) electrons. The lowest BCUT2D eigenvalue weighted by molar-refractivity contribution is 0.768. The summed E-state index contributed by atoms with van der Waals surface area (Å²) in [6.45, 7) is 61.1. The maximum absolute atomic E-state index is 4.36. The largest absolute Gasteiger partial charge is 0.249 e. The number of thiophene rings is 1. The summed E-state index contributed by atoms with van der Waals surface area (Å²) in [5.74, 6) is 8.39. The summed E-state index contributed by atoms with van der Waals surface area (Å²) >= 11 is 12.9. The van der Waals surface area contributed by atoms with E-state index in [1.165, 1.54) is 117 Å². The normalized spacial score (nSPS) is 12.1. The molecule has 470 valence electrons. The van der Waals surface area contributed by atoms with E-state index in [0.717, 1.165) is 17.3 Å². The van der Waals surface area contributed by atoms with Gasteiger partial charge in [-0.05, 0) is 178 Å². The molecule has 0 spiro atoms. The molecule has 0 atom stereocenters. The van der Waals surface area contributed by atoms with Crippen LogP contribution in [0.15, 0.2) is 27.8 Å². The lowest BCUT2D eigenvalue weighted by atomic mass is 9.99. The Balaban J connectivity index is 0.000000328. The van der Waals surface area contributed by atoms with E-state index in [0.29, 0.717) is 76.9 Å². The van der Waals surface area contributed by atoms with Gasteiger partial charge in [-0.25, -0.2) is 9.97 Å². The minimum absolute atomic E-state index is 0.506. The van der Waals surface area contributed by atoms with Crippen molar-refractivity contribution in [1.29, 1.82) is 0 Å². The van der Waals surface area contributed by atoms with E-state index in [1.54, 1.807) is 50.6 Å². The molecule has 0 bridgehead atoms. The molecule has 8 aromatic rings. The Labute approximate surface area is 542 Å². The Morgan fingerprint density at radius 3 is 1.01 bits per heavy atom. The molecule has 0 unspecified atom stereocenters. The zero-order chi connectivity index (χ0) is 63.7. The second kappa shape index (κ2) is 39.0. The fourth-order valence-electron chi connectivity index (χ4n) is 8.40. The molecule has 8 heterocycles. The Morgan fingerprint density at radius 1 is 0.357 bits per heavy atom. The van der Waals surface area contributed by atoms with Gasteiger partial charge in [0.1, 0.15) is 0 Å². The summed E-state index contributed by atoms with van der Waals surface area (Å²) in [5, 5.41) is 16.7. The van der Waals surface area contributed by atoms with Crippen molar-refractivity contribution in [3.05, 3.63) is 114 Å². The molecule has 9 rings (SSSR count). The van der Waals surface area contributed by atoms with E-state index in [1.807, 2.05) is 29.3 Å². The minimum atomic E-state index is 0.506. The van der Waals surface area contributed by atoms with Crippen LogP contribution in [-0.2, 0) is 0 Å². The number of hydrogen-bond acceptors (Lipinski definition) is 19. The van der Waals surface area contributed by atoms with Crippen LogP contribution >= 0.6 is 91.9 Å². The maximum Gasteiger partial charge on any atom is 0.0815 e. The Morgan fingerprint density at radius 2 is 0.750 bits per heavy atom. The van der Waals surface area contributed by atoms with Crippen molar-refractivity contribution < 1.29 is 0 Å². The SMILES string of the molecule is CC(C)c1ccsc1C(C)C.CC(C)c1ncsc1C(C)C.CC(C)c1ncsc1C(C)C.CC(C)c1nnsc1C(C)C.CC(C)c1nnsc1C(C)C.CC(C)c1nnsc1C1CC1.Cc1nscc1C(C)C.Cc1nsnc1C(C)C. The van der Waals surface area contributed by atoms with E-state index in [-0.39, 0.29) is 0 Å². The van der Waals surface area contributed by atoms with Crippen LogP contribution in [0.25, 0.3) is 0 Å². The van der Waals surface area contributed by atoms with Crippen LogP contribution in [0, 0.1) is 13.8 Å². The summed E-state index contributed by atoms with van der Waals surface area (Å²) in [6, 6.07) is 2.25. The van der Waals surface area contributed by atoms with Crippen LogP contribution in [-0.4, -0.2) is 51.8 Å². The molecule has 0 N–H and O–H groups in total. The molecule has 1 aliphatic rings. The molecule has 0 amide bonds. The Kier molecular flexibility index (Phi) is 35.7. The van der Waals surface area contributed by atoms with Gasteiger partial charge in [-0.1, -0.05) is 193 Å². The lowest BCUT2D eigenvalue weighted by Gasteiger charge is -2.08. The number of nitrogens with zero attached hydrogens (tertiary/aromatic N) is 11. The van der Waals surface area contributed by atoms with Gasteiger partial charge < -0.3 is 0 Å². The smallest absolute Gasteiger partial charge is 0.0815 e. The van der Waals surface area contributed by atoms with Gasteiger partial charge >= 0.3 is 0 Å². The van der Waals surface area contributed by atoms with Gasteiger partial charge in [-0.3, -0.25) is 0 Å². The molecule has 11 nitrogen and oxygen atoms in total. The molecule has 19 heteroatoms. The van der Waals surface area contributed by atoms with Gasteiger partial charge in [-0.15, -0.1) is 49.3 Å². The number of thiazole rings is 2. The third kappa shape index (κ3) is 25.9. The predicted molar refractivity (Wildman–Crippen MR) is 375 cm³/mol. The van der Waals surface area contributed by atoms with Crippen molar-refractivity contribution in [2.45, 2.75) is 290 Å². The van der Waals surface area contributed by atoms with Crippen molar-refractivity contribution in [3.8, 4) is 0 Å². The highest BCUT2D eigenvalue weighted by atomic mass is 32.1. The highest BCUT2D eigenvalue weighted by molar-refractivity contribution is 7.10. The summed E-state index contributed by atoms with van der Waals surface area (Å²) in [7, 11) is 0. The quantitative estimate of drug-likeness (QED) is 0.103. The third-order valence-electron chi connectivity index (χ3n) is 13.2. The first-order chi connectivity index (χ1) is 39.3. The molecule has 84 heavy (non-hydrogen) atoms. The zero-order valence-electron chi connectivity index (χ0n) is 56.6. The summed E-state index contributed by atoms with van der Waals surface area (Å²) in [6.07, 6.45) is 2.70. The number of hydrogen-bond donors (Lipinski definition) is 0. The molecular weight excluding hydrogens is 1190 g/mol. The summed E-state index contributed by atoms with van der Waals surface area (Å²) < 4.78 is 24.3. The number of rotatable bonds is 14. The average molecular weight is 1300 g/mol. The fourth-order valence-corrected chi connectivity index (χ4v) is 15.5. The topological polar surface area (TPSA) is 142 Å². The van der Waals surface area contributed by atoms with Gasteiger partial charge in [0.2, 0.25) is 0 Å². The molecule has 1 fully saturated rings. The fraction of sp³-hybridized carbons (Fsp3) is 0.677. The third-order valence-corrected chi connectivity index (χ3v) is 21.0. The van der Waals surface area contributed by atoms with E-state index in [2.05, 4.69) is 256 Å². The molecule has 0 aliphatic heterocycles. The average Bonchev–Trinajstić information content (AvgIpc) is 4.46. The lowest BCUT2D eigenvalue weighted by Crippen LogP contribution is -1.94. The van der Waals surface area contributed by atoms with Crippen molar-refractivity contribution in [3.63, 3.8) is 0 Å². The van der Waals surface area contributed by atoms with Crippen LogP contribution < -0.4 is 0 Å². The van der Waals surface area contributed by atoms with Crippen molar-refractivity contribution >= 4 is 91.9 Å². The van der Waals surface area contributed by atoms with Crippen molar-refractivity contribution in [2.75, 3.05) is 0 Å². The Bertz CT molecular complexity index is 2390. The van der Waals surface area contributed by atoms with Gasteiger partial charge in [-0.2, -0.15) is 13.1 Å². The highest BCUT2D eigenvalue weighted by Crippen LogP contribution is 2.44. The second-order valence-corrected chi connectivity index (χ2v) is 31.6. The summed E-state index contributed by atoms with van der Waals surface area (Å²) in [5.41, 5.74) is 16.4. The predicted octanol–water partition coefficient (Wildman–Crippen LogP) is 23.4. The molecule has 0 saturated heterocycles. The van der Waals surface area contributed by atoms with Crippen LogP contribution in [0.2, 0.25) is 0 Å². The second-order valence-electron chi connectivity index (χ2n) is 25.4. The standard InChI is InChI=1S/C10H16S.2C9H15NS.C8H12N2S.2C8H14N2S.C7H11NS.C6H10N2S/c1-7(2)9-5-6-11-10(9)8(3)4;2*1-6(2)8-9(7(3)4)11-5-10-8;1-5(2)7-8(6-3-4-6)11-10-9-7;2*1-5(2)7-8(6(3)4)11-10-9-7;1-5(2)7-4-9-8-6(7)3;1-4(2)6-5(3)7-9-8-6/h5-8H,1-4H3;2*5-7H,1-4H3;5-6H,3-4H2,1-2H3;2*5-6H,1-4H3;4-5H,1-3H3;4H,1-3H3. The summed E-state index contributed by atoms with van der Waals surface area (Å²) in [4.78, 5) is 17.3. The zero-order valence-corrected chi connectivity index (χ0v) is 63.1. The van der Waals surface area contributed by atoms with Crippen LogP contribution in [0.3, 0.4) is 0 Å². The molecule has 1 saturated carbocycles. The molecule has 1 aliphatic carbocycles. The molecule has 8 aromatic heterocycles. The van der Waals surface area contributed by atoms with Crippen LogP contribution in [0.1, 0.15) is 362 Å². The minimum Gasteiger partial charge on any atom is -0.249 e. The van der Waals surface area contributed by atoms with Gasteiger partial charge in [0.05, 0.1) is 82.9 Å². The van der Waals surface area contributed by atoms with E-state index in [4.69, 9.17) is 0 Å². The van der Waals surface area contributed by atoms with E-state index in [9.17, 15) is 0 Å². The first kappa shape index (κ1) is 76.9. The number of aromatic nitrogens is 11. The first-order valence-electron chi connectivity index (χ1n) is 30.4. The van der Waals surface area contributed by atoms with Crippen LogP contribution in [0.4, 0.5) is 0 Å². The highest BCUT2D eigenvalue weighted by Gasteiger charge is 2.29. The van der Waals surface area contributed by atoms with Crippen LogP contribution in [0.5, 0.6) is 0 Å². The monoisotopic (exact) mass is 1300 g/mol. The van der Waals surface area contributed by atoms with Crippen molar-refractivity contribution in [1.82, 2.24) is 51.8 Å². The maximum atomic E-state index is 4.36. The van der Waals surface area contributed by atoms with E-state index < -0.39 is 0 Å². The van der Waals surface area contributed by atoms with E-state index >= 15 is 0 Å². The van der Waals surface area contributed by atoms with Gasteiger partial charge in [0.15, 0.2) is 0 Å². The van der Waals surface area contributed by atoms with Gasteiger partial charge in [0.25, 0.3) is 0 Å². The first-order valence-corrected chi connectivity index (χ1v) is 37.0.